The van der Waals surface area contributed by atoms with E-state index in [-0.39, 0.29) is 0 Å². The Morgan fingerprint density at radius 3 is 2.89 bits per heavy atom. The van der Waals surface area contributed by atoms with E-state index in [1.54, 1.807) is 5.56 Å². The first-order valence-corrected chi connectivity index (χ1v) is 7.44. The van der Waals surface area contributed by atoms with Crippen LogP contribution >= 0.6 is 0 Å². The van der Waals surface area contributed by atoms with Crippen LogP contribution in [-0.4, -0.2) is 35.6 Å². The van der Waals surface area contributed by atoms with Crippen LogP contribution in [0.1, 0.15) is 17.5 Å². The summed E-state index contributed by atoms with van der Waals surface area (Å²) in [6, 6.07) is 7.12. The molecule has 1 saturated heterocycles. The number of nitrogens with zero attached hydrogens (tertiary/aromatic N) is 2. The zero-order valence-corrected chi connectivity index (χ0v) is 11.4. The number of hydrogen-bond donors (Lipinski definition) is 1. The molecule has 3 heteroatoms. The third-order valence-electron chi connectivity index (χ3n) is 4.46. The number of piperazine rings is 1. The molecule has 0 amide bonds. The molecule has 3 nitrogen and oxygen atoms in total. The first-order valence-electron chi connectivity index (χ1n) is 7.44. The Morgan fingerprint density at radius 2 is 2.00 bits per heavy atom. The zero-order chi connectivity index (χ0) is 12.7. The second-order valence-corrected chi connectivity index (χ2v) is 5.83. The lowest BCUT2D eigenvalue weighted by molar-refractivity contribution is 0.233. The Balaban J connectivity index is 1.67. The van der Waals surface area contributed by atoms with E-state index in [4.69, 9.17) is 0 Å². The van der Waals surface area contributed by atoms with E-state index in [1.807, 2.05) is 0 Å². The third-order valence-corrected chi connectivity index (χ3v) is 4.46. The molecule has 0 aliphatic carbocycles. The van der Waals surface area contributed by atoms with Crippen molar-refractivity contribution >= 4 is 10.9 Å². The molecule has 3 heterocycles. The maximum Gasteiger partial charge on any atom is 0.0513 e. The Bertz CT molecular complexity index is 593. The number of aryl methyl sites for hydroxylation is 2. The molecule has 0 radical (unpaired) electrons. The Kier molecular flexibility index (Phi) is 2.82. The van der Waals surface area contributed by atoms with Gasteiger partial charge >= 0.3 is 0 Å². The van der Waals surface area contributed by atoms with Crippen molar-refractivity contribution in [1.29, 1.82) is 0 Å². The second kappa shape index (κ2) is 4.66. The number of benzene rings is 1. The summed E-state index contributed by atoms with van der Waals surface area (Å²) in [5.74, 6) is 0. The van der Waals surface area contributed by atoms with Crippen LogP contribution in [0, 0.1) is 0 Å². The van der Waals surface area contributed by atoms with Gasteiger partial charge in [-0.15, -0.1) is 0 Å². The van der Waals surface area contributed by atoms with E-state index in [9.17, 15) is 0 Å². The molecule has 0 bridgehead atoms. The van der Waals surface area contributed by atoms with Gasteiger partial charge in [0.15, 0.2) is 0 Å². The molecule has 0 spiro atoms. The summed E-state index contributed by atoms with van der Waals surface area (Å²) in [6.45, 7) is 6.91. The van der Waals surface area contributed by atoms with E-state index in [0.717, 1.165) is 19.6 Å². The molecular weight excluding hydrogens is 234 g/mol. The summed E-state index contributed by atoms with van der Waals surface area (Å²) >= 11 is 0. The van der Waals surface area contributed by atoms with Crippen LogP contribution in [0.25, 0.3) is 10.9 Å². The van der Waals surface area contributed by atoms with E-state index in [1.165, 1.54) is 48.9 Å². The molecule has 4 rings (SSSR count). The topological polar surface area (TPSA) is 20.2 Å². The molecule has 0 saturated carbocycles. The van der Waals surface area contributed by atoms with E-state index >= 15 is 0 Å². The van der Waals surface area contributed by atoms with Gasteiger partial charge in [0.1, 0.15) is 0 Å². The van der Waals surface area contributed by atoms with Crippen molar-refractivity contribution in [3.8, 4) is 0 Å². The molecule has 1 fully saturated rings. The fourth-order valence-electron chi connectivity index (χ4n) is 3.54. The van der Waals surface area contributed by atoms with Crippen LogP contribution in [0.2, 0.25) is 0 Å². The average molecular weight is 255 g/mol. The van der Waals surface area contributed by atoms with Crippen LogP contribution < -0.4 is 5.32 Å². The van der Waals surface area contributed by atoms with Gasteiger partial charge in [0.2, 0.25) is 0 Å². The first-order chi connectivity index (χ1) is 9.40. The van der Waals surface area contributed by atoms with Gasteiger partial charge in [0.05, 0.1) is 5.52 Å². The third kappa shape index (κ3) is 2.07. The predicted molar refractivity (Wildman–Crippen MR) is 78.4 cm³/mol. The van der Waals surface area contributed by atoms with Gasteiger partial charge in [0.25, 0.3) is 0 Å². The summed E-state index contributed by atoms with van der Waals surface area (Å²) in [4.78, 5) is 2.56. The number of aromatic nitrogens is 1. The Morgan fingerprint density at radius 1 is 1.11 bits per heavy atom. The lowest BCUT2D eigenvalue weighted by atomic mass is 10.00. The van der Waals surface area contributed by atoms with E-state index < -0.39 is 0 Å². The molecular formula is C16H21N3. The van der Waals surface area contributed by atoms with Crippen molar-refractivity contribution in [2.45, 2.75) is 25.9 Å². The van der Waals surface area contributed by atoms with Gasteiger partial charge in [-0.3, -0.25) is 4.90 Å². The van der Waals surface area contributed by atoms with Gasteiger partial charge in [-0.2, -0.15) is 0 Å². The highest BCUT2D eigenvalue weighted by Crippen LogP contribution is 2.28. The van der Waals surface area contributed by atoms with Crippen LogP contribution in [0.3, 0.4) is 0 Å². The van der Waals surface area contributed by atoms with Gasteiger partial charge in [0, 0.05) is 50.9 Å². The molecule has 1 aromatic carbocycles. The minimum absolute atomic E-state index is 1.11. The molecule has 1 aromatic heterocycles. The molecule has 1 N–H and O–H groups in total. The van der Waals surface area contributed by atoms with E-state index in [2.05, 4.69) is 39.2 Å². The van der Waals surface area contributed by atoms with Gasteiger partial charge in [-0.1, -0.05) is 6.07 Å². The van der Waals surface area contributed by atoms with Crippen molar-refractivity contribution in [2.24, 2.45) is 0 Å². The summed E-state index contributed by atoms with van der Waals surface area (Å²) in [5, 5.41) is 4.85. The average Bonchev–Trinajstić information content (AvgIpc) is 2.85. The first kappa shape index (κ1) is 11.5. The molecule has 0 atom stereocenters. The molecule has 2 aliphatic rings. The van der Waals surface area contributed by atoms with Crippen molar-refractivity contribution in [1.82, 2.24) is 14.8 Å². The lowest BCUT2D eigenvalue weighted by Crippen LogP contribution is -2.42. The Labute approximate surface area is 114 Å². The second-order valence-electron chi connectivity index (χ2n) is 5.83. The molecule has 2 aliphatic heterocycles. The number of hydrogen-bond acceptors (Lipinski definition) is 2. The zero-order valence-electron chi connectivity index (χ0n) is 11.4. The van der Waals surface area contributed by atoms with Crippen LogP contribution in [0.5, 0.6) is 0 Å². The van der Waals surface area contributed by atoms with Crippen molar-refractivity contribution < 1.29 is 0 Å². The standard InChI is InChI=1S/C16H21N3/c1-2-14-10-13(12-18-8-4-17-5-9-18)11-15-3-7-19(6-1)16(14)15/h3,7,10-11,17H,1-2,4-6,8-9,12H2. The van der Waals surface area contributed by atoms with Crippen LogP contribution in [0.15, 0.2) is 24.4 Å². The minimum atomic E-state index is 1.11. The van der Waals surface area contributed by atoms with E-state index in [0.29, 0.717) is 0 Å². The Hall–Kier alpha value is -1.32. The monoisotopic (exact) mass is 255 g/mol. The van der Waals surface area contributed by atoms with Gasteiger partial charge < -0.3 is 9.88 Å². The lowest BCUT2D eigenvalue weighted by Gasteiger charge is -2.27. The highest BCUT2D eigenvalue weighted by atomic mass is 15.2. The summed E-state index contributed by atoms with van der Waals surface area (Å²) in [6.07, 6.45) is 4.78. The van der Waals surface area contributed by atoms with Crippen LogP contribution in [0.4, 0.5) is 0 Å². The smallest absolute Gasteiger partial charge is 0.0513 e. The van der Waals surface area contributed by atoms with Crippen molar-refractivity contribution in [2.75, 3.05) is 26.2 Å². The predicted octanol–water partition coefficient (Wildman–Crippen LogP) is 1.99. The normalized spacial score (nSPS) is 20.0. The fraction of sp³-hybridized carbons (Fsp3) is 0.500. The SMILES string of the molecule is c1c(CN2CCNCC2)cc2ccn3c2c1CCC3. The fourth-order valence-corrected chi connectivity index (χ4v) is 3.54. The number of nitrogens with one attached hydrogen (secondary N) is 1. The van der Waals surface area contributed by atoms with Crippen LogP contribution in [-0.2, 0) is 19.5 Å². The largest absolute Gasteiger partial charge is 0.347 e. The highest BCUT2D eigenvalue weighted by molar-refractivity contribution is 5.84. The summed E-state index contributed by atoms with van der Waals surface area (Å²) in [7, 11) is 0. The van der Waals surface area contributed by atoms with Gasteiger partial charge in [-0.25, -0.2) is 0 Å². The molecule has 100 valence electrons. The number of rotatable bonds is 2. The molecule has 2 aromatic rings. The van der Waals surface area contributed by atoms with Crippen molar-refractivity contribution in [3.05, 3.63) is 35.5 Å². The van der Waals surface area contributed by atoms with Crippen molar-refractivity contribution in [3.63, 3.8) is 0 Å². The quantitative estimate of drug-likeness (QED) is 0.885. The summed E-state index contributed by atoms with van der Waals surface area (Å²) < 4.78 is 2.42. The molecule has 0 unspecified atom stereocenters. The van der Waals surface area contributed by atoms with Gasteiger partial charge in [-0.05, 0) is 36.1 Å². The molecule has 19 heavy (non-hydrogen) atoms. The summed E-state index contributed by atoms with van der Waals surface area (Å²) in [5.41, 5.74) is 4.53. The maximum atomic E-state index is 3.42. The highest BCUT2D eigenvalue weighted by Gasteiger charge is 2.15. The minimum Gasteiger partial charge on any atom is -0.347 e. The maximum absolute atomic E-state index is 3.42.